The highest BCUT2D eigenvalue weighted by Crippen LogP contribution is 2.16. The van der Waals surface area contributed by atoms with Gasteiger partial charge in [-0.15, -0.1) is 0 Å². The minimum Gasteiger partial charge on any atom is -0.491 e. The van der Waals surface area contributed by atoms with E-state index in [4.69, 9.17) is 4.74 Å². The maximum absolute atomic E-state index is 11.0. The number of anilines is 2. The molecule has 1 fully saturated rings. The van der Waals surface area contributed by atoms with E-state index in [0.717, 1.165) is 31.9 Å². The number of piperazine rings is 1. The lowest BCUT2D eigenvalue weighted by atomic mass is 10.2. The van der Waals surface area contributed by atoms with Crippen LogP contribution in [0.2, 0.25) is 0 Å². The van der Waals surface area contributed by atoms with Crippen molar-refractivity contribution in [3.05, 3.63) is 54.6 Å². The summed E-state index contributed by atoms with van der Waals surface area (Å²) in [6.07, 6.45) is -0.502. The summed E-state index contributed by atoms with van der Waals surface area (Å²) < 4.78 is 5.67. The zero-order valence-electron chi connectivity index (χ0n) is 15.7. The number of ether oxygens (including phenoxy) is 1. The van der Waals surface area contributed by atoms with Crippen LogP contribution in [0.25, 0.3) is 0 Å². The van der Waals surface area contributed by atoms with Crippen molar-refractivity contribution in [2.45, 2.75) is 13.0 Å². The van der Waals surface area contributed by atoms with E-state index in [2.05, 4.69) is 34.5 Å². The molecule has 2 aromatic rings. The van der Waals surface area contributed by atoms with Crippen molar-refractivity contribution in [3.63, 3.8) is 0 Å². The van der Waals surface area contributed by atoms with Crippen molar-refractivity contribution >= 4 is 17.3 Å². The lowest BCUT2D eigenvalue weighted by molar-refractivity contribution is -0.903. The second kappa shape index (κ2) is 9.39. The maximum atomic E-state index is 11.0. The van der Waals surface area contributed by atoms with Crippen LogP contribution in [0.15, 0.2) is 54.6 Å². The molecule has 0 unspecified atom stereocenters. The molecule has 1 amide bonds. The van der Waals surface area contributed by atoms with Gasteiger partial charge in [-0.3, -0.25) is 4.79 Å². The number of para-hydroxylation sites is 1. The molecule has 6 heteroatoms. The van der Waals surface area contributed by atoms with Crippen LogP contribution in [0.3, 0.4) is 0 Å². The Balaban J connectivity index is 1.38. The zero-order valence-corrected chi connectivity index (χ0v) is 15.7. The maximum Gasteiger partial charge on any atom is 0.221 e. The Hall–Kier alpha value is -2.57. The number of rotatable bonds is 7. The molecular weight excluding hydrogens is 342 g/mol. The number of benzene rings is 2. The number of aliphatic hydroxyl groups is 1. The second-order valence-corrected chi connectivity index (χ2v) is 6.95. The molecule has 1 heterocycles. The van der Waals surface area contributed by atoms with Gasteiger partial charge in [-0.05, 0) is 36.4 Å². The van der Waals surface area contributed by atoms with Gasteiger partial charge >= 0.3 is 0 Å². The molecule has 1 saturated heterocycles. The Labute approximate surface area is 160 Å². The fraction of sp³-hybridized carbons (Fsp3) is 0.381. The first-order chi connectivity index (χ1) is 13.1. The molecule has 144 valence electrons. The molecule has 0 aliphatic carbocycles. The highest BCUT2D eigenvalue weighted by Gasteiger charge is 2.22. The lowest BCUT2D eigenvalue weighted by Gasteiger charge is -2.34. The third-order valence-electron chi connectivity index (χ3n) is 4.73. The van der Waals surface area contributed by atoms with Crippen LogP contribution in [0.4, 0.5) is 11.4 Å². The molecule has 0 radical (unpaired) electrons. The molecular formula is C21H28N3O3+. The average molecular weight is 370 g/mol. The summed E-state index contributed by atoms with van der Waals surface area (Å²) in [5.74, 6) is 0.585. The number of hydrogen-bond acceptors (Lipinski definition) is 4. The van der Waals surface area contributed by atoms with E-state index < -0.39 is 6.10 Å². The molecule has 1 aliphatic heterocycles. The standard InChI is InChI=1S/C21H27N3O3/c1-17(25)22-18-7-9-21(10-8-18)27-16-20(26)15-23-11-13-24(14-12-23)19-5-3-2-4-6-19/h2-10,20,26H,11-16H2,1H3,(H,22,25)/p+1/t20-/m1/s1. The first kappa shape index (κ1) is 19.2. The molecule has 6 nitrogen and oxygen atoms in total. The van der Waals surface area contributed by atoms with Gasteiger partial charge in [-0.2, -0.15) is 0 Å². The molecule has 2 aromatic carbocycles. The number of nitrogens with zero attached hydrogens (tertiary/aromatic N) is 1. The molecule has 3 N–H and O–H groups in total. The molecule has 1 atom stereocenters. The molecule has 27 heavy (non-hydrogen) atoms. The number of nitrogens with one attached hydrogen (secondary N) is 2. The molecule has 0 saturated carbocycles. The third kappa shape index (κ3) is 5.98. The topological polar surface area (TPSA) is 66.2 Å². The van der Waals surface area contributed by atoms with Crippen LogP contribution in [0.5, 0.6) is 5.75 Å². The fourth-order valence-electron chi connectivity index (χ4n) is 3.35. The SMILES string of the molecule is CC(=O)Nc1ccc(OC[C@H](O)C[NH+]2CCN(c3ccccc3)CC2)cc1. The number of carbonyl (C=O) groups is 1. The van der Waals surface area contributed by atoms with Crippen molar-refractivity contribution in [2.75, 3.05) is 49.5 Å². The Bertz CT molecular complexity index is 713. The van der Waals surface area contributed by atoms with E-state index in [1.807, 2.05) is 6.07 Å². The molecule has 1 aliphatic rings. The predicted molar refractivity (Wildman–Crippen MR) is 106 cm³/mol. The van der Waals surface area contributed by atoms with E-state index in [1.165, 1.54) is 17.5 Å². The van der Waals surface area contributed by atoms with Gasteiger partial charge in [0, 0.05) is 18.3 Å². The summed E-state index contributed by atoms with van der Waals surface area (Å²) in [5, 5.41) is 13.0. The minimum absolute atomic E-state index is 0.102. The molecule has 0 bridgehead atoms. The van der Waals surface area contributed by atoms with Crippen LogP contribution in [0.1, 0.15) is 6.92 Å². The predicted octanol–water partition coefficient (Wildman–Crippen LogP) is 0.790. The Morgan fingerprint density at radius 1 is 1.15 bits per heavy atom. The van der Waals surface area contributed by atoms with Gasteiger partial charge in [0.1, 0.15) is 25.0 Å². The van der Waals surface area contributed by atoms with E-state index in [0.29, 0.717) is 12.3 Å². The van der Waals surface area contributed by atoms with Gasteiger partial charge in [0.15, 0.2) is 0 Å². The van der Waals surface area contributed by atoms with Crippen LogP contribution in [-0.4, -0.2) is 56.4 Å². The van der Waals surface area contributed by atoms with Crippen LogP contribution in [0, 0.1) is 0 Å². The number of aliphatic hydroxyl groups excluding tert-OH is 1. The summed E-state index contributed by atoms with van der Waals surface area (Å²) >= 11 is 0. The summed E-state index contributed by atoms with van der Waals surface area (Å²) in [6.45, 7) is 6.45. The quantitative estimate of drug-likeness (QED) is 0.674. The van der Waals surface area contributed by atoms with Crippen molar-refractivity contribution in [1.29, 1.82) is 0 Å². The highest BCUT2D eigenvalue weighted by atomic mass is 16.5. The molecule has 0 aromatic heterocycles. The van der Waals surface area contributed by atoms with Crippen molar-refractivity contribution in [2.24, 2.45) is 0 Å². The lowest BCUT2D eigenvalue weighted by Crippen LogP contribution is -3.16. The largest absolute Gasteiger partial charge is 0.491 e. The zero-order chi connectivity index (χ0) is 19.1. The van der Waals surface area contributed by atoms with E-state index in [9.17, 15) is 9.90 Å². The summed E-state index contributed by atoms with van der Waals surface area (Å²) in [4.78, 5) is 14.8. The Morgan fingerprint density at radius 2 is 1.81 bits per heavy atom. The summed E-state index contributed by atoms with van der Waals surface area (Å²) in [6, 6.07) is 17.6. The summed E-state index contributed by atoms with van der Waals surface area (Å²) in [7, 11) is 0. The third-order valence-corrected chi connectivity index (χ3v) is 4.73. The molecule has 0 spiro atoms. The fourth-order valence-corrected chi connectivity index (χ4v) is 3.35. The number of quaternary nitrogens is 1. The van der Waals surface area contributed by atoms with Gasteiger partial charge in [-0.1, -0.05) is 18.2 Å². The monoisotopic (exact) mass is 370 g/mol. The minimum atomic E-state index is -0.502. The average Bonchev–Trinajstić information content (AvgIpc) is 2.68. The smallest absolute Gasteiger partial charge is 0.221 e. The Kier molecular flexibility index (Phi) is 6.68. The van der Waals surface area contributed by atoms with E-state index >= 15 is 0 Å². The van der Waals surface area contributed by atoms with Gasteiger partial charge in [0.05, 0.1) is 26.2 Å². The summed E-state index contributed by atoms with van der Waals surface area (Å²) in [5.41, 5.74) is 2.00. The van der Waals surface area contributed by atoms with E-state index in [1.54, 1.807) is 24.3 Å². The van der Waals surface area contributed by atoms with Gasteiger partial charge in [0.25, 0.3) is 0 Å². The first-order valence-electron chi connectivity index (χ1n) is 9.42. The van der Waals surface area contributed by atoms with Gasteiger partial charge < -0.3 is 25.0 Å². The second-order valence-electron chi connectivity index (χ2n) is 6.95. The van der Waals surface area contributed by atoms with Crippen molar-refractivity contribution in [3.8, 4) is 5.75 Å². The van der Waals surface area contributed by atoms with Gasteiger partial charge in [0.2, 0.25) is 5.91 Å². The van der Waals surface area contributed by atoms with Crippen molar-refractivity contribution < 1.29 is 19.5 Å². The molecule has 3 rings (SSSR count). The van der Waals surface area contributed by atoms with Crippen LogP contribution < -0.4 is 19.9 Å². The Morgan fingerprint density at radius 3 is 2.44 bits per heavy atom. The first-order valence-corrected chi connectivity index (χ1v) is 9.42. The number of hydrogen-bond donors (Lipinski definition) is 3. The van der Waals surface area contributed by atoms with Crippen molar-refractivity contribution in [1.82, 2.24) is 0 Å². The number of carbonyl (C=O) groups excluding carboxylic acids is 1. The number of amides is 1. The van der Waals surface area contributed by atoms with Gasteiger partial charge in [-0.25, -0.2) is 0 Å². The van der Waals surface area contributed by atoms with Crippen LogP contribution in [-0.2, 0) is 4.79 Å². The highest BCUT2D eigenvalue weighted by molar-refractivity contribution is 5.88. The normalized spacial score (nSPS) is 16.0. The van der Waals surface area contributed by atoms with E-state index in [-0.39, 0.29) is 12.5 Å². The van der Waals surface area contributed by atoms with Crippen LogP contribution >= 0.6 is 0 Å².